The zero-order valence-corrected chi connectivity index (χ0v) is 22.2. The summed E-state index contributed by atoms with van der Waals surface area (Å²) >= 11 is 0. The first-order chi connectivity index (χ1) is 15.3. The molecular formula is C25H40O7Si. The van der Waals surface area contributed by atoms with Gasteiger partial charge in [0.05, 0.1) is 13.7 Å². The lowest BCUT2D eigenvalue weighted by Crippen LogP contribution is -2.59. The first-order valence-corrected chi connectivity index (χ1v) is 14.4. The standard InChI is InChI=1S/C25H40O7Si/c1-10-18(20(26)16-11-13-17(27-7)14-12-16)29-23-22(32-33(8,9)24(2,3)4)21-19(15-28-23)30-25(5,6)31-21/h10-14,18-23,26H,1,15H2,2-9H3/t18-,19+,20-,21+,22-,23-/m0/s1. The molecule has 2 aliphatic heterocycles. The molecule has 2 fully saturated rings. The highest BCUT2D eigenvalue weighted by molar-refractivity contribution is 6.74. The lowest BCUT2D eigenvalue weighted by Gasteiger charge is -2.45. The minimum atomic E-state index is -2.20. The molecule has 0 radical (unpaired) electrons. The van der Waals surface area contributed by atoms with Crippen LogP contribution in [0.2, 0.25) is 18.1 Å². The predicted octanol–water partition coefficient (Wildman–Crippen LogP) is 4.57. The number of hydrogen-bond acceptors (Lipinski definition) is 7. The molecule has 0 aliphatic carbocycles. The molecule has 0 spiro atoms. The van der Waals surface area contributed by atoms with Crippen LogP contribution in [0.1, 0.15) is 46.3 Å². The Morgan fingerprint density at radius 3 is 2.36 bits per heavy atom. The van der Waals surface area contributed by atoms with Crippen LogP contribution in [0.25, 0.3) is 0 Å². The van der Waals surface area contributed by atoms with E-state index in [-0.39, 0.29) is 17.2 Å². The van der Waals surface area contributed by atoms with E-state index in [0.29, 0.717) is 17.9 Å². The van der Waals surface area contributed by atoms with E-state index in [9.17, 15) is 5.11 Å². The third-order valence-corrected chi connectivity index (χ3v) is 11.2. The average Bonchev–Trinajstić information content (AvgIpc) is 3.06. The van der Waals surface area contributed by atoms with Crippen molar-refractivity contribution in [2.24, 2.45) is 0 Å². The van der Waals surface area contributed by atoms with Gasteiger partial charge in [-0.25, -0.2) is 0 Å². The molecule has 0 unspecified atom stereocenters. The Morgan fingerprint density at radius 2 is 1.82 bits per heavy atom. The van der Waals surface area contributed by atoms with Crippen molar-refractivity contribution in [3.63, 3.8) is 0 Å². The van der Waals surface area contributed by atoms with Gasteiger partial charge in [-0.15, -0.1) is 6.58 Å². The van der Waals surface area contributed by atoms with E-state index in [1.807, 2.05) is 13.8 Å². The van der Waals surface area contributed by atoms with Crippen molar-refractivity contribution in [2.45, 2.75) is 95.3 Å². The highest BCUT2D eigenvalue weighted by Gasteiger charge is 2.55. The van der Waals surface area contributed by atoms with Crippen LogP contribution in [-0.2, 0) is 23.4 Å². The Bertz CT molecular complexity index is 802. The second-order valence-corrected chi connectivity index (χ2v) is 15.5. The SMILES string of the molecule is C=C[C@H](O[C@@H]1OC[C@H]2OC(C)(C)O[C@H]2[C@@H]1O[Si](C)(C)C(C)(C)C)[C@@H](O)c1ccc(OC)cc1. The third-order valence-electron chi connectivity index (χ3n) is 6.77. The molecule has 6 atom stereocenters. The zero-order chi connectivity index (χ0) is 24.6. The number of ether oxygens (including phenoxy) is 5. The first kappa shape index (κ1) is 26.3. The quantitative estimate of drug-likeness (QED) is 0.432. The molecule has 0 saturated carbocycles. The van der Waals surface area contributed by atoms with Crippen LogP contribution in [0.5, 0.6) is 5.75 Å². The van der Waals surface area contributed by atoms with Crippen molar-refractivity contribution in [1.82, 2.24) is 0 Å². The van der Waals surface area contributed by atoms with E-state index < -0.39 is 38.7 Å². The van der Waals surface area contributed by atoms with Crippen LogP contribution < -0.4 is 4.74 Å². The molecular weight excluding hydrogens is 440 g/mol. The fraction of sp³-hybridized carbons (Fsp3) is 0.680. The second-order valence-electron chi connectivity index (χ2n) is 10.7. The predicted molar refractivity (Wildman–Crippen MR) is 129 cm³/mol. The van der Waals surface area contributed by atoms with Gasteiger partial charge in [-0.2, -0.15) is 0 Å². The topological polar surface area (TPSA) is 75.6 Å². The zero-order valence-electron chi connectivity index (χ0n) is 21.2. The van der Waals surface area contributed by atoms with E-state index in [1.165, 1.54) is 0 Å². The number of benzene rings is 1. The summed E-state index contributed by atoms with van der Waals surface area (Å²) < 4.78 is 36.7. The van der Waals surface area contributed by atoms with Crippen LogP contribution in [0, 0.1) is 0 Å². The number of methoxy groups -OCH3 is 1. The number of fused-ring (bicyclic) bond motifs is 1. The highest BCUT2D eigenvalue weighted by Crippen LogP contribution is 2.42. The summed E-state index contributed by atoms with van der Waals surface area (Å²) in [4.78, 5) is 0. The van der Waals surface area contributed by atoms with Gasteiger partial charge in [-0.1, -0.05) is 39.0 Å². The van der Waals surface area contributed by atoms with Crippen molar-refractivity contribution < 1.29 is 33.2 Å². The van der Waals surface area contributed by atoms with Gasteiger partial charge in [0.1, 0.15) is 36.3 Å². The van der Waals surface area contributed by atoms with E-state index in [0.717, 1.165) is 0 Å². The minimum absolute atomic E-state index is 0.0140. The summed E-state index contributed by atoms with van der Waals surface area (Å²) in [6.45, 7) is 18.9. The summed E-state index contributed by atoms with van der Waals surface area (Å²) in [7, 11) is -0.596. The Hall–Kier alpha value is -1.26. The van der Waals surface area contributed by atoms with Crippen molar-refractivity contribution in [3.05, 3.63) is 42.5 Å². The number of aliphatic hydroxyl groups excluding tert-OH is 1. The molecule has 0 bridgehead atoms. The van der Waals surface area contributed by atoms with Crippen LogP contribution in [0.4, 0.5) is 0 Å². The molecule has 186 valence electrons. The molecule has 0 amide bonds. The molecule has 1 aromatic rings. The Balaban J connectivity index is 1.83. The fourth-order valence-corrected chi connectivity index (χ4v) is 5.15. The first-order valence-electron chi connectivity index (χ1n) is 11.5. The van der Waals surface area contributed by atoms with Crippen LogP contribution in [0.3, 0.4) is 0 Å². The number of hydrogen-bond donors (Lipinski definition) is 1. The Labute approximate surface area is 199 Å². The minimum Gasteiger partial charge on any atom is -0.497 e. The van der Waals surface area contributed by atoms with E-state index >= 15 is 0 Å². The highest BCUT2D eigenvalue weighted by atomic mass is 28.4. The largest absolute Gasteiger partial charge is 0.497 e. The molecule has 3 rings (SSSR count). The molecule has 2 heterocycles. The van der Waals surface area contributed by atoms with E-state index in [4.69, 9.17) is 28.1 Å². The monoisotopic (exact) mass is 480 g/mol. The molecule has 0 aromatic heterocycles. The van der Waals surface area contributed by atoms with Crippen LogP contribution >= 0.6 is 0 Å². The maximum atomic E-state index is 11.0. The lowest BCUT2D eigenvalue weighted by molar-refractivity contribution is -0.265. The second kappa shape index (κ2) is 9.77. The number of aliphatic hydroxyl groups is 1. The fourth-order valence-electron chi connectivity index (χ4n) is 3.87. The van der Waals surface area contributed by atoms with E-state index in [2.05, 4.69) is 40.4 Å². The average molecular weight is 481 g/mol. The molecule has 1 aromatic carbocycles. The van der Waals surface area contributed by atoms with Gasteiger partial charge in [-0.3, -0.25) is 0 Å². The van der Waals surface area contributed by atoms with Gasteiger partial charge in [-0.05, 0) is 49.7 Å². The van der Waals surface area contributed by atoms with Crippen molar-refractivity contribution in [3.8, 4) is 5.75 Å². The van der Waals surface area contributed by atoms with Gasteiger partial charge in [0.2, 0.25) is 0 Å². The molecule has 1 N–H and O–H groups in total. The summed E-state index contributed by atoms with van der Waals surface area (Å²) in [6.07, 6.45) is -1.88. The van der Waals surface area contributed by atoms with Crippen LogP contribution in [-0.4, -0.2) is 63.6 Å². The summed E-state index contributed by atoms with van der Waals surface area (Å²) in [5.74, 6) is -0.0178. The maximum absolute atomic E-state index is 11.0. The van der Waals surface area contributed by atoms with Gasteiger partial charge in [0.25, 0.3) is 0 Å². The third kappa shape index (κ3) is 5.87. The van der Waals surface area contributed by atoms with Crippen LogP contribution in [0.15, 0.2) is 36.9 Å². The van der Waals surface area contributed by atoms with Crippen molar-refractivity contribution >= 4 is 8.32 Å². The van der Waals surface area contributed by atoms with Crippen molar-refractivity contribution in [1.29, 1.82) is 0 Å². The molecule has 8 heteroatoms. The summed E-state index contributed by atoms with van der Waals surface area (Å²) in [5, 5.41) is 11.0. The molecule has 2 saturated heterocycles. The van der Waals surface area contributed by atoms with Gasteiger partial charge in [0.15, 0.2) is 20.4 Å². The summed E-state index contributed by atoms with van der Waals surface area (Å²) in [5.41, 5.74) is 0.692. The Kier molecular flexibility index (Phi) is 7.80. The molecule has 2 aliphatic rings. The van der Waals surface area contributed by atoms with Crippen molar-refractivity contribution in [2.75, 3.05) is 13.7 Å². The maximum Gasteiger partial charge on any atom is 0.192 e. The van der Waals surface area contributed by atoms with E-state index in [1.54, 1.807) is 37.5 Å². The van der Waals surface area contributed by atoms with Gasteiger partial charge in [0, 0.05) is 0 Å². The summed E-state index contributed by atoms with van der Waals surface area (Å²) in [6, 6.07) is 7.22. The Morgan fingerprint density at radius 1 is 1.18 bits per heavy atom. The molecule has 33 heavy (non-hydrogen) atoms. The van der Waals surface area contributed by atoms with Gasteiger partial charge < -0.3 is 33.2 Å². The lowest BCUT2D eigenvalue weighted by atomic mass is 10.0. The van der Waals surface area contributed by atoms with Gasteiger partial charge >= 0.3 is 0 Å². The molecule has 7 nitrogen and oxygen atoms in total. The number of rotatable bonds is 8. The normalized spacial score (nSPS) is 29.2. The smallest absolute Gasteiger partial charge is 0.192 e.